The van der Waals surface area contributed by atoms with Gasteiger partial charge in [-0.3, -0.25) is 14.4 Å². The van der Waals surface area contributed by atoms with Gasteiger partial charge in [0.1, 0.15) is 11.6 Å². The number of likely N-dealkylation sites (tertiary alicyclic amines) is 1. The Balaban J connectivity index is 1.54. The molecule has 8 nitrogen and oxygen atoms in total. The van der Waals surface area contributed by atoms with Crippen LogP contribution in [0.2, 0.25) is 5.02 Å². The van der Waals surface area contributed by atoms with Crippen LogP contribution in [0.4, 0.5) is 11.4 Å². The summed E-state index contributed by atoms with van der Waals surface area (Å²) in [5, 5.41) is 16.2. The van der Waals surface area contributed by atoms with Crippen LogP contribution in [0.25, 0.3) is 0 Å². The summed E-state index contributed by atoms with van der Waals surface area (Å²) in [4.78, 5) is 42.5. The molecule has 3 aliphatic heterocycles. The molecule has 3 saturated heterocycles. The second-order valence-corrected chi connectivity index (χ2v) is 11.1. The molecule has 3 unspecified atom stereocenters. The summed E-state index contributed by atoms with van der Waals surface area (Å²) in [5.41, 5.74) is -0.194. The molecule has 0 radical (unpaired) electrons. The van der Waals surface area contributed by atoms with Crippen molar-refractivity contribution in [1.82, 2.24) is 4.90 Å². The Bertz CT molecular complexity index is 1180. The number of fused-ring (bicyclic) bond motifs is 1. The molecule has 2 bridgehead atoms. The van der Waals surface area contributed by atoms with Crippen LogP contribution in [0.15, 0.2) is 54.6 Å². The van der Waals surface area contributed by atoms with E-state index in [4.69, 9.17) is 16.3 Å². The molecular formula is C26H27BrClN3O5. The predicted octanol–water partition coefficient (Wildman–Crippen LogP) is 3.44. The minimum absolute atomic E-state index is 0.224. The first-order valence-corrected chi connectivity index (χ1v) is 13.3. The van der Waals surface area contributed by atoms with Crippen molar-refractivity contribution in [1.29, 1.82) is 0 Å². The third-order valence-electron chi connectivity index (χ3n) is 7.53. The highest BCUT2D eigenvalue weighted by atomic mass is 79.9. The zero-order chi connectivity index (χ0) is 25.6. The zero-order valence-corrected chi connectivity index (χ0v) is 21.9. The van der Waals surface area contributed by atoms with E-state index in [1.807, 2.05) is 25.1 Å². The number of rotatable bonds is 7. The molecule has 7 atom stereocenters. The molecule has 3 N–H and O–H groups in total. The van der Waals surface area contributed by atoms with Gasteiger partial charge >= 0.3 is 0 Å². The second-order valence-electron chi connectivity index (χ2n) is 9.48. The fourth-order valence-electron chi connectivity index (χ4n) is 5.98. The average Bonchev–Trinajstić information content (AvgIpc) is 3.46. The first-order chi connectivity index (χ1) is 17.3. The van der Waals surface area contributed by atoms with Crippen LogP contribution in [-0.4, -0.2) is 63.0 Å². The summed E-state index contributed by atoms with van der Waals surface area (Å²) in [6, 6.07) is 14.2. The van der Waals surface area contributed by atoms with Crippen molar-refractivity contribution in [3.8, 4) is 0 Å². The summed E-state index contributed by atoms with van der Waals surface area (Å²) in [6.45, 7) is 1.52. The van der Waals surface area contributed by atoms with Crippen molar-refractivity contribution in [3.63, 3.8) is 0 Å². The molecule has 0 aromatic heterocycles. The molecule has 190 valence electrons. The van der Waals surface area contributed by atoms with Gasteiger partial charge in [0.2, 0.25) is 17.7 Å². The lowest BCUT2D eigenvalue weighted by Crippen LogP contribution is -2.56. The summed E-state index contributed by atoms with van der Waals surface area (Å²) >= 11 is 9.93. The average molecular weight is 577 g/mol. The maximum atomic E-state index is 14.0. The summed E-state index contributed by atoms with van der Waals surface area (Å²) in [7, 11) is 0. The number of hydrogen-bond donors (Lipinski definition) is 3. The number of nitrogens with zero attached hydrogens (tertiary/aromatic N) is 1. The van der Waals surface area contributed by atoms with Crippen molar-refractivity contribution in [2.75, 3.05) is 17.2 Å². The Hall–Kier alpha value is -2.46. The van der Waals surface area contributed by atoms with Crippen molar-refractivity contribution in [2.24, 2.45) is 11.8 Å². The van der Waals surface area contributed by atoms with Gasteiger partial charge in [-0.05, 0) is 37.1 Å². The van der Waals surface area contributed by atoms with E-state index in [9.17, 15) is 19.5 Å². The SMILES string of the molecule is CC[C@@H](CO)N1C(=O)[C@@H]2[C@H](C(=O)Nc3ccccc3)[C@H]3OC2(CC3Br)C1C(=O)Nc1ccccc1Cl. The monoisotopic (exact) mass is 575 g/mol. The van der Waals surface area contributed by atoms with E-state index in [1.165, 1.54) is 4.90 Å². The van der Waals surface area contributed by atoms with Gasteiger partial charge in [-0.15, -0.1) is 0 Å². The van der Waals surface area contributed by atoms with Gasteiger partial charge in [-0.1, -0.05) is 64.8 Å². The molecule has 3 heterocycles. The van der Waals surface area contributed by atoms with Crippen molar-refractivity contribution >= 4 is 56.6 Å². The number of ether oxygens (including phenoxy) is 1. The fourth-order valence-corrected chi connectivity index (χ4v) is 7.11. The van der Waals surface area contributed by atoms with E-state index in [1.54, 1.807) is 36.4 Å². The first kappa shape index (κ1) is 25.2. The smallest absolute Gasteiger partial charge is 0.250 e. The van der Waals surface area contributed by atoms with E-state index in [0.717, 1.165) is 0 Å². The maximum Gasteiger partial charge on any atom is 0.250 e. The quantitative estimate of drug-likeness (QED) is 0.438. The zero-order valence-electron chi connectivity index (χ0n) is 19.6. The van der Waals surface area contributed by atoms with Gasteiger partial charge in [0.15, 0.2) is 0 Å². The third-order valence-corrected chi connectivity index (χ3v) is 8.70. The Morgan fingerprint density at radius 1 is 1.17 bits per heavy atom. The predicted molar refractivity (Wildman–Crippen MR) is 139 cm³/mol. The minimum Gasteiger partial charge on any atom is -0.394 e. The van der Waals surface area contributed by atoms with E-state index in [-0.39, 0.29) is 23.2 Å². The summed E-state index contributed by atoms with van der Waals surface area (Å²) in [5.74, 6) is -2.81. The highest BCUT2D eigenvalue weighted by Gasteiger charge is 2.77. The number of anilines is 2. The molecule has 2 aromatic rings. The lowest BCUT2D eigenvalue weighted by Gasteiger charge is -2.36. The maximum absolute atomic E-state index is 14.0. The number of aliphatic hydroxyl groups excluding tert-OH is 1. The molecule has 10 heteroatoms. The van der Waals surface area contributed by atoms with Gasteiger partial charge in [0.25, 0.3) is 0 Å². The second kappa shape index (κ2) is 9.78. The molecule has 0 aliphatic carbocycles. The largest absolute Gasteiger partial charge is 0.394 e. The summed E-state index contributed by atoms with van der Waals surface area (Å²) < 4.78 is 6.46. The van der Waals surface area contributed by atoms with Crippen molar-refractivity contribution in [2.45, 2.75) is 48.4 Å². The van der Waals surface area contributed by atoms with Gasteiger partial charge in [0.05, 0.1) is 41.3 Å². The molecule has 5 rings (SSSR count). The summed E-state index contributed by atoms with van der Waals surface area (Å²) in [6.07, 6.45) is 0.236. The Morgan fingerprint density at radius 3 is 2.53 bits per heavy atom. The number of para-hydroxylation sites is 2. The van der Waals surface area contributed by atoms with Crippen LogP contribution in [0.5, 0.6) is 0 Å². The molecule has 3 fully saturated rings. The number of hydrogen-bond acceptors (Lipinski definition) is 5. The van der Waals surface area contributed by atoms with Crippen LogP contribution in [0.1, 0.15) is 19.8 Å². The fraction of sp³-hybridized carbons (Fsp3) is 0.423. The molecular weight excluding hydrogens is 550 g/mol. The molecule has 0 saturated carbocycles. The van der Waals surface area contributed by atoms with E-state index in [2.05, 4.69) is 26.6 Å². The van der Waals surface area contributed by atoms with Crippen LogP contribution in [-0.2, 0) is 19.1 Å². The van der Waals surface area contributed by atoms with Gasteiger partial charge in [0, 0.05) is 10.5 Å². The van der Waals surface area contributed by atoms with Gasteiger partial charge < -0.3 is 25.4 Å². The Morgan fingerprint density at radius 2 is 1.86 bits per heavy atom. The normalized spacial score (nSPS) is 31.3. The standard InChI is InChI=1S/C26H27BrClN3O5/c1-2-15(13-32)31-22(24(34)30-18-11-7-6-10-17(18)28)26-12-16(27)21(36-26)19(20(26)25(31)35)23(33)29-14-8-4-3-5-9-14/h3-11,15-16,19-22,32H,2,12-13H2,1H3,(H,29,33)(H,30,34)/t15-,16?,19-,20-,21-,22?,26?/m0/s1. The minimum atomic E-state index is -1.22. The third kappa shape index (κ3) is 3.93. The van der Waals surface area contributed by atoms with Gasteiger partial charge in [-0.2, -0.15) is 0 Å². The van der Waals surface area contributed by atoms with Gasteiger partial charge in [-0.25, -0.2) is 0 Å². The number of halogens is 2. The molecule has 2 aromatic carbocycles. The van der Waals surface area contributed by atoms with E-state index in [0.29, 0.717) is 29.2 Å². The number of aliphatic hydroxyl groups is 1. The lowest BCUT2D eigenvalue weighted by molar-refractivity contribution is -0.143. The highest BCUT2D eigenvalue weighted by Crippen LogP contribution is 2.60. The van der Waals surface area contributed by atoms with Crippen molar-refractivity contribution in [3.05, 3.63) is 59.6 Å². The topological polar surface area (TPSA) is 108 Å². The molecule has 36 heavy (non-hydrogen) atoms. The van der Waals surface area contributed by atoms with Crippen LogP contribution in [0, 0.1) is 11.8 Å². The molecule has 1 spiro atoms. The number of nitrogens with one attached hydrogen (secondary N) is 2. The van der Waals surface area contributed by atoms with E-state index >= 15 is 0 Å². The van der Waals surface area contributed by atoms with Crippen molar-refractivity contribution < 1.29 is 24.2 Å². The number of amides is 3. The number of carbonyl (C=O) groups is 3. The Kier molecular flexibility index (Phi) is 6.84. The van der Waals surface area contributed by atoms with E-state index < -0.39 is 41.5 Å². The Labute approximate surface area is 222 Å². The number of alkyl halides is 1. The number of carbonyl (C=O) groups excluding carboxylic acids is 3. The van der Waals surface area contributed by atoms with Crippen LogP contribution in [0.3, 0.4) is 0 Å². The highest BCUT2D eigenvalue weighted by molar-refractivity contribution is 9.09. The molecule has 3 aliphatic rings. The lowest BCUT2D eigenvalue weighted by atomic mass is 9.70. The first-order valence-electron chi connectivity index (χ1n) is 12.0. The molecule has 3 amide bonds. The van der Waals surface area contributed by atoms with Crippen LogP contribution >= 0.6 is 27.5 Å². The van der Waals surface area contributed by atoms with Crippen LogP contribution < -0.4 is 10.6 Å². The number of benzene rings is 2.